The fourth-order valence-electron chi connectivity index (χ4n) is 1.79. The fourth-order valence-corrected chi connectivity index (χ4v) is 1.79. The highest BCUT2D eigenvalue weighted by molar-refractivity contribution is 5.89. The maximum Gasteiger partial charge on any atom is 0.227 e. The molecule has 21 heavy (non-hydrogen) atoms. The van der Waals surface area contributed by atoms with Crippen molar-refractivity contribution >= 4 is 17.4 Å². The predicted molar refractivity (Wildman–Crippen MR) is 80.6 cm³/mol. The summed E-state index contributed by atoms with van der Waals surface area (Å²) in [5, 5.41) is 9.55. The SMILES string of the molecule is CCOc1ccc(NCCC(=O)Nc2cc(C)on2)cc1. The smallest absolute Gasteiger partial charge is 0.227 e. The Morgan fingerprint density at radius 2 is 2.10 bits per heavy atom. The predicted octanol–water partition coefficient (Wildman–Crippen LogP) is 2.82. The van der Waals surface area contributed by atoms with Gasteiger partial charge in [0.05, 0.1) is 6.61 Å². The van der Waals surface area contributed by atoms with Crippen LogP contribution in [0.15, 0.2) is 34.9 Å². The normalized spacial score (nSPS) is 10.2. The Hall–Kier alpha value is -2.50. The van der Waals surface area contributed by atoms with Gasteiger partial charge in [0, 0.05) is 24.7 Å². The molecule has 1 heterocycles. The van der Waals surface area contributed by atoms with Gasteiger partial charge in [0.2, 0.25) is 5.91 Å². The molecule has 1 aromatic carbocycles. The highest BCUT2D eigenvalue weighted by atomic mass is 16.5. The Morgan fingerprint density at radius 3 is 2.71 bits per heavy atom. The number of hydrogen-bond donors (Lipinski definition) is 2. The number of benzene rings is 1. The van der Waals surface area contributed by atoms with Gasteiger partial charge in [0.1, 0.15) is 11.5 Å². The average Bonchev–Trinajstić information content (AvgIpc) is 2.86. The van der Waals surface area contributed by atoms with Crippen LogP contribution in [-0.4, -0.2) is 24.2 Å². The molecule has 0 radical (unpaired) electrons. The van der Waals surface area contributed by atoms with Gasteiger partial charge in [-0.3, -0.25) is 4.79 Å². The van der Waals surface area contributed by atoms with E-state index in [4.69, 9.17) is 9.26 Å². The molecule has 0 spiro atoms. The van der Waals surface area contributed by atoms with Crippen LogP contribution in [0.25, 0.3) is 0 Å². The van der Waals surface area contributed by atoms with Crippen LogP contribution < -0.4 is 15.4 Å². The molecule has 112 valence electrons. The van der Waals surface area contributed by atoms with Gasteiger partial charge in [-0.15, -0.1) is 0 Å². The lowest BCUT2D eigenvalue weighted by atomic mass is 10.3. The highest BCUT2D eigenvalue weighted by Gasteiger charge is 2.05. The van der Waals surface area contributed by atoms with Gasteiger partial charge < -0.3 is 19.9 Å². The number of carbonyl (C=O) groups excluding carboxylic acids is 1. The number of carbonyl (C=O) groups is 1. The molecule has 0 aliphatic heterocycles. The van der Waals surface area contributed by atoms with Gasteiger partial charge in [0.15, 0.2) is 5.82 Å². The molecule has 0 unspecified atom stereocenters. The van der Waals surface area contributed by atoms with E-state index < -0.39 is 0 Å². The average molecular weight is 289 g/mol. The Kier molecular flexibility index (Phi) is 5.20. The molecule has 6 heteroatoms. The van der Waals surface area contributed by atoms with Crippen molar-refractivity contribution in [2.24, 2.45) is 0 Å². The number of nitrogens with one attached hydrogen (secondary N) is 2. The molecule has 6 nitrogen and oxygen atoms in total. The number of nitrogens with zero attached hydrogens (tertiary/aromatic N) is 1. The third kappa shape index (κ3) is 4.83. The van der Waals surface area contributed by atoms with E-state index in [1.54, 1.807) is 13.0 Å². The van der Waals surface area contributed by atoms with Crippen LogP contribution in [0.2, 0.25) is 0 Å². The van der Waals surface area contributed by atoms with Crippen molar-refractivity contribution in [3.05, 3.63) is 36.1 Å². The first-order valence-electron chi connectivity index (χ1n) is 6.87. The Labute approximate surface area is 123 Å². The second-order valence-electron chi connectivity index (χ2n) is 4.51. The number of anilines is 2. The minimum atomic E-state index is -0.110. The first kappa shape index (κ1) is 14.9. The van der Waals surface area contributed by atoms with Crippen LogP contribution in [-0.2, 0) is 4.79 Å². The summed E-state index contributed by atoms with van der Waals surface area (Å²) in [6.07, 6.45) is 0.346. The topological polar surface area (TPSA) is 76.4 Å². The third-order valence-corrected chi connectivity index (χ3v) is 2.74. The van der Waals surface area contributed by atoms with Crippen molar-refractivity contribution in [3.63, 3.8) is 0 Å². The van der Waals surface area contributed by atoms with Crippen molar-refractivity contribution in [3.8, 4) is 5.75 Å². The van der Waals surface area contributed by atoms with E-state index in [-0.39, 0.29) is 5.91 Å². The maximum atomic E-state index is 11.7. The lowest BCUT2D eigenvalue weighted by Crippen LogP contribution is -2.16. The molecule has 1 amide bonds. The molecule has 2 rings (SSSR count). The molecular formula is C15H19N3O3. The fraction of sp³-hybridized carbons (Fsp3) is 0.333. The Balaban J connectivity index is 1.72. The first-order chi connectivity index (χ1) is 10.2. The minimum Gasteiger partial charge on any atom is -0.494 e. The van der Waals surface area contributed by atoms with E-state index in [0.717, 1.165) is 11.4 Å². The summed E-state index contributed by atoms with van der Waals surface area (Å²) in [5.74, 6) is 1.83. The molecule has 0 aliphatic rings. The molecule has 2 N–H and O–H groups in total. The summed E-state index contributed by atoms with van der Waals surface area (Å²) in [4.78, 5) is 11.7. The molecule has 0 saturated heterocycles. The first-order valence-corrected chi connectivity index (χ1v) is 6.87. The number of rotatable bonds is 7. The Morgan fingerprint density at radius 1 is 1.33 bits per heavy atom. The van der Waals surface area contributed by atoms with Crippen LogP contribution in [0.4, 0.5) is 11.5 Å². The number of aryl methyl sites for hydroxylation is 1. The number of hydrogen-bond acceptors (Lipinski definition) is 5. The van der Waals surface area contributed by atoms with Gasteiger partial charge in [-0.2, -0.15) is 0 Å². The number of ether oxygens (including phenoxy) is 1. The molecule has 0 bridgehead atoms. The van der Waals surface area contributed by atoms with Gasteiger partial charge in [-0.05, 0) is 38.1 Å². The van der Waals surface area contributed by atoms with Crippen molar-refractivity contribution in [1.82, 2.24) is 5.16 Å². The Bertz CT molecular complexity index is 578. The summed E-state index contributed by atoms with van der Waals surface area (Å²) in [7, 11) is 0. The van der Waals surface area contributed by atoms with Gasteiger partial charge in [0.25, 0.3) is 0 Å². The second-order valence-corrected chi connectivity index (χ2v) is 4.51. The lowest BCUT2D eigenvalue weighted by Gasteiger charge is -2.07. The van der Waals surface area contributed by atoms with Crippen LogP contribution in [0.1, 0.15) is 19.1 Å². The van der Waals surface area contributed by atoms with E-state index in [1.165, 1.54) is 0 Å². The summed E-state index contributed by atoms with van der Waals surface area (Å²) >= 11 is 0. The van der Waals surface area contributed by atoms with E-state index >= 15 is 0 Å². The van der Waals surface area contributed by atoms with Gasteiger partial charge in [-0.1, -0.05) is 5.16 Å². The minimum absolute atomic E-state index is 0.110. The zero-order valence-electron chi connectivity index (χ0n) is 12.2. The van der Waals surface area contributed by atoms with E-state index in [2.05, 4.69) is 15.8 Å². The van der Waals surface area contributed by atoms with Crippen molar-refractivity contribution < 1.29 is 14.1 Å². The summed E-state index contributed by atoms with van der Waals surface area (Å²) < 4.78 is 10.2. The zero-order chi connectivity index (χ0) is 15.1. The molecule has 1 aromatic heterocycles. The highest BCUT2D eigenvalue weighted by Crippen LogP contribution is 2.15. The quantitative estimate of drug-likeness (QED) is 0.819. The molecule has 2 aromatic rings. The second kappa shape index (κ2) is 7.33. The van der Waals surface area contributed by atoms with Crippen LogP contribution in [0.3, 0.4) is 0 Å². The molecule has 0 atom stereocenters. The standard InChI is InChI=1S/C15H19N3O3/c1-3-20-13-6-4-12(5-7-13)16-9-8-15(19)17-14-10-11(2)21-18-14/h4-7,10,16H,3,8-9H2,1-2H3,(H,17,18,19). The van der Waals surface area contributed by atoms with E-state index in [1.807, 2.05) is 31.2 Å². The van der Waals surface area contributed by atoms with E-state index in [0.29, 0.717) is 31.2 Å². The zero-order valence-corrected chi connectivity index (χ0v) is 12.2. The summed E-state index contributed by atoms with van der Waals surface area (Å²) in [6.45, 7) is 4.91. The van der Waals surface area contributed by atoms with Gasteiger partial charge in [-0.25, -0.2) is 0 Å². The van der Waals surface area contributed by atoms with Crippen molar-refractivity contribution in [1.29, 1.82) is 0 Å². The molecule has 0 fully saturated rings. The molecule has 0 aliphatic carbocycles. The van der Waals surface area contributed by atoms with Gasteiger partial charge >= 0.3 is 0 Å². The van der Waals surface area contributed by atoms with Crippen LogP contribution >= 0.6 is 0 Å². The maximum absolute atomic E-state index is 11.7. The lowest BCUT2D eigenvalue weighted by molar-refractivity contribution is -0.116. The summed E-state index contributed by atoms with van der Waals surface area (Å²) in [6, 6.07) is 9.31. The van der Waals surface area contributed by atoms with Crippen LogP contribution in [0, 0.1) is 6.92 Å². The summed E-state index contributed by atoms with van der Waals surface area (Å²) in [5.41, 5.74) is 0.948. The molecule has 0 saturated carbocycles. The third-order valence-electron chi connectivity index (χ3n) is 2.74. The van der Waals surface area contributed by atoms with E-state index in [9.17, 15) is 4.79 Å². The van der Waals surface area contributed by atoms with Crippen molar-refractivity contribution in [2.45, 2.75) is 20.3 Å². The van der Waals surface area contributed by atoms with Crippen molar-refractivity contribution in [2.75, 3.05) is 23.8 Å². The van der Waals surface area contributed by atoms with Crippen LogP contribution in [0.5, 0.6) is 5.75 Å². The monoisotopic (exact) mass is 289 g/mol. The number of aromatic nitrogens is 1. The molecular weight excluding hydrogens is 270 g/mol. The largest absolute Gasteiger partial charge is 0.494 e. The number of amides is 1.